The zero-order valence-corrected chi connectivity index (χ0v) is 17.2. The van der Waals surface area contributed by atoms with E-state index in [1.165, 1.54) is 0 Å². The Hall–Kier alpha value is -2.33. The third-order valence-corrected chi connectivity index (χ3v) is 5.31. The van der Waals surface area contributed by atoms with Gasteiger partial charge in [0.25, 0.3) is 0 Å². The first kappa shape index (κ1) is 20.4. The van der Waals surface area contributed by atoms with Crippen LogP contribution in [0.3, 0.4) is 0 Å². The zero-order valence-electron chi connectivity index (χ0n) is 17.2. The van der Waals surface area contributed by atoms with Crippen molar-refractivity contribution >= 4 is 5.91 Å². The number of rotatable bonds is 8. The van der Waals surface area contributed by atoms with Crippen molar-refractivity contribution in [2.24, 2.45) is 5.92 Å². The first-order valence-corrected chi connectivity index (χ1v) is 10.4. The van der Waals surface area contributed by atoms with Gasteiger partial charge in [0.1, 0.15) is 5.75 Å². The maximum Gasteiger partial charge on any atom is 0.227 e. The molecule has 1 aliphatic heterocycles. The fourth-order valence-electron chi connectivity index (χ4n) is 3.62. The lowest BCUT2D eigenvalue weighted by Crippen LogP contribution is -2.42. The van der Waals surface area contributed by atoms with Crippen molar-refractivity contribution in [1.82, 2.24) is 10.6 Å². The number of nitrogens with one attached hydrogen (secondary N) is 2. The lowest BCUT2D eigenvalue weighted by molar-refractivity contribution is -0.123. The molecule has 1 aliphatic rings. The number of ether oxygens (including phenoxy) is 1. The number of hydrogen-bond donors (Lipinski definition) is 2. The molecule has 28 heavy (non-hydrogen) atoms. The Morgan fingerprint density at radius 2 is 1.79 bits per heavy atom. The molecule has 2 aromatic rings. The molecule has 0 spiro atoms. The van der Waals surface area contributed by atoms with E-state index < -0.39 is 0 Å². The van der Waals surface area contributed by atoms with Gasteiger partial charge >= 0.3 is 0 Å². The highest BCUT2D eigenvalue weighted by Crippen LogP contribution is 2.27. The maximum atomic E-state index is 13.0. The number of carbonyl (C=O) groups is 1. The van der Waals surface area contributed by atoms with Gasteiger partial charge in [0.2, 0.25) is 5.91 Å². The summed E-state index contributed by atoms with van der Waals surface area (Å²) in [6, 6.07) is 18.3. The minimum absolute atomic E-state index is 0.0414. The average Bonchev–Trinajstić information content (AvgIpc) is 3.25. The van der Waals surface area contributed by atoms with Crippen molar-refractivity contribution in [3.63, 3.8) is 0 Å². The van der Waals surface area contributed by atoms with Gasteiger partial charge in [-0.15, -0.1) is 0 Å². The van der Waals surface area contributed by atoms with E-state index in [0.29, 0.717) is 12.5 Å². The lowest BCUT2D eigenvalue weighted by atomic mass is 9.95. The van der Waals surface area contributed by atoms with Gasteiger partial charge in [-0.2, -0.15) is 0 Å². The van der Waals surface area contributed by atoms with E-state index in [4.69, 9.17) is 4.74 Å². The molecule has 0 aromatic heterocycles. The first-order chi connectivity index (χ1) is 13.5. The number of hydrogen-bond acceptors (Lipinski definition) is 3. The molecule has 0 saturated carbocycles. The highest BCUT2D eigenvalue weighted by Gasteiger charge is 2.29. The van der Waals surface area contributed by atoms with Crippen LogP contribution in [0.2, 0.25) is 0 Å². The monoisotopic (exact) mass is 380 g/mol. The van der Waals surface area contributed by atoms with Gasteiger partial charge in [0.05, 0.1) is 18.6 Å². The van der Waals surface area contributed by atoms with Crippen LogP contribution in [0.25, 0.3) is 0 Å². The molecule has 2 aromatic carbocycles. The van der Waals surface area contributed by atoms with Crippen LogP contribution in [0.5, 0.6) is 5.75 Å². The Morgan fingerprint density at radius 3 is 2.39 bits per heavy atom. The predicted octanol–water partition coefficient (Wildman–Crippen LogP) is 4.43. The smallest absolute Gasteiger partial charge is 0.227 e. The third kappa shape index (κ3) is 5.35. The Bertz CT molecular complexity index is 737. The molecule has 150 valence electrons. The van der Waals surface area contributed by atoms with Crippen LogP contribution in [-0.4, -0.2) is 25.1 Å². The molecular formula is C24H32N2O2. The van der Waals surface area contributed by atoms with Gasteiger partial charge in [-0.25, -0.2) is 0 Å². The molecule has 1 amide bonds. The van der Waals surface area contributed by atoms with Crippen LogP contribution in [0.4, 0.5) is 0 Å². The second-order valence-corrected chi connectivity index (χ2v) is 8.10. The topological polar surface area (TPSA) is 50.4 Å². The summed E-state index contributed by atoms with van der Waals surface area (Å²) in [5.74, 6) is 1.25. The molecule has 1 heterocycles. The largest absolute Gasteiger partial charge is 0.493 e. The third-order valence-electron chi connectivity index (χ3n) is 5.31. The van der Waals surface area contributed by atoms with Crippen molar-refractivity contribution in [3.8, 4) is 5.75 Å². The second kappa shape index (κ2) is 9.74. The van der Waals surface area contributed by atoms with E-state index in [-0.39, 0.29) is 23.9 Å². The van der Waals surface area contributed by atoms with E-state index >= 15 is 0 Å². The Balaban J connectivity index is 1.73. The summed E-state index contributed by atoms with van der Waals surface area (Å²) in [6.45, 7) is 7.95. The van der Waals surface area contributed by atoms with Gasteiger partial charge in [-0.05, 0) is 55.5 Å². The fraction of sp³-hybridized carbons (Fsp3) is 0.458. The molecule has 3 atom stereocenters. The van der Waals surface area contributed by atoms with Crippen LogP contribution >= 0.6 is 0 Å². The van der Waals surface area contributed by atoms with E-state index in [1.807, 2.05) is 49.4 Å². The second-order valence-electron chi connectivity index (χ2n) is 8.10. The van der Waals surface area contributed by atoms with Gasteiger partial charge in [-0.3, -0.25) is 4.79 Å². The molecular weight excluding hydrogens is 348 g/mol. The molecule has 4 nitrogen and oxygen atoms in total. The lowest BCUT2D eigenvalue weighted by Gasteiger charge is -2.27. The summed E-state index contributed by atoms with van der Waals surface area (Å²) in [7, 11) is 0. The van der Waals surface area contributed by atoms with Crippen molar-refractivity contribution < 1.29 is 9.53 Å². The normalized spacial score (nSPS) is 18.6. The highest BCUT2D eigenvalue weighted by atomic mass is 16.5. The predicted molar refractivity (Wildman–Crippen MR) is 114 cm³/mol. The zero-order chi connectivity index (χ0) is 19.9. The standard InChI is InChI=1S/C24H32N2O2/c1-17(2)16-28-21-13-11-20(12-14-21)23(22-10-7-15-25-22)26-24(27)18(3)19-8-5-4-6-9-19/h4-6,8-9,11-14,17-18,22-23,25H,7,10,15-16H2,1-3H3,(H,26,27)/t18-,22+,23?/m0/s1. The van der Waals surface area contributed by atoms with Crippen molar-refractivity contribution in [1.29, 1.82) is 0 Å². The van der Waals surface area contributed by atoms with Crippen molar-refractivity contribution in [2.75, 3.05) is 13.2 Å². The molecule has 0 aliphatic carbocycles. The Labute approximate surface area is 168 Å². The molecule has 3 rings (SSSR count). The molecule has 1 saturated heterocycles. The Kier molecular flexibility index (Phi) is 7.10. The number of carbonyl (C=O) groups excluding carboxylic acids is 1. The summed E-state index contributed by atoms with van der Waals surface area (Å²) in [6.07, 6.45) is 2.21. The molecule has 0 bridgehead atoms. The number of amides is 1. The van der Waals surface area contributed by atoms with E-state index in [0.717, 1.165) is 36.3 Å². The maximum absolute atomic E-state index is 13.0. The van der Waals surface area contributed by atoms with Gasteiger partial charge < -0.3 is 15.4 Å². The number of benzene rings is 2. The minimum atomic E-state index is -0.182. The van der Waals surface area contributed by atoms with Crippen LogP contribution in [0, 0.1) is 5.92 Å². The van der Waals surface area contributed by atoms with E-state index in [9.17, 15) is 4.79 Å². The molecule has 1 unspecified atom stereocenters. The van der Waals surface area contributed by atoms with E-state index in [1.54, 1.807) is 0 Å². The van der Waals surface area contributed by atoms with Gasteiger partial charge in [-0.1, -0.05) is 56.3 Å². The van der Waals surface area contributed by atoms with Crippen LogP contribution < -0.4 is 15.4 Å². The molecule has 1 fully saturated rings. The summed E-state index contributed by atoms with van der Waals surface area (Å²) >= 11 is 0. The first-order valence-electron chi connectivity index (χ1n) is 10.4. The quantitative estimate of drug-likeness (QED) is 0.712. The van der Waals surface area contributed by atoms with Crippen LogP contribution in [-0.2, 0) is 4.79 Å². The average molecular weight is 381 g/mol. The molecule has 4 heteroatoms. The Morgan fingerprint density at radius 1 is 1.07 bits per heavy atom. The molecule has 2 N–H and O–H groups in total. The SMILES string of the molecule is CC(C)COc1ccc(C(NC(=O)[C@@H](C)c2ccccc2)[C@H]2CCCN2)cc1. The fourth-order valence-corrected chi connectivity index (χ4v) is 3.62. The summed E-state index contributed by atoms with van der Waals surface area (Å²) in [5.41, 5.74) is 2.15. The highest BCUT2D eigenvalue weighted by molar-refractivity contribution is 5.83. The minimum Gasteiger partial charge on any atom is -0.493 e. The summed E-state index contributed by atoms with van der Waals surface area (Å²) < 4.78 is 5.80. The van der Waals surface area contributed by atoms with Gasteiger partial charge in [0.15, 0.2) is 0 Å². The van der Waals surface area contributed by atoms with E-state index in [2.05, 4.69) is 36.6 Å². The summed E-state index contributed by atoms with van der Waals surface area (Å²) in [5, 5.41) is 6.85. The van der Waals surface area contributed by atoms with Crippen molar-refractivity contribution in [3.05, 3.63) is 65.7 Å². The molecule has 0 radical (unpaired) electrons. The van der Waals surface area contributed by atoms with Crippen LogP contribution in [0.1, 0.15) is 56.7 Å². The van der Waals surface area contributed by atoms with Crippen LogP contribution in [0.15, 0.2) is 54.6 Å². The van der Waals surface area contributed by atoms with Crippen molar-refractivity contribution in [2.45, 2.75) is 51.6 Å². The van der Waals surface area contributed by atoms with Gasteiger partial charge in [0, 0.05) is 6.04 Å². The summed E-state index contributed by atoms with van der Waals surface area (Å²) in [4.78, 5) is 13.0.